The molecule has 0 aliphatic heterocycles. The SMILES string of the molecule is CC(C(=O)NC1CCCC1)N(C(=O)CS(=O)CC(=O)Nc1ccc(F)cc1)c1cnc2ccccc2c1. The van der Waals surface area contributed by atoms with Gasteiger partial charge in [0.25, 0.3) is 0 Å². The summed E-state index contributed by atoms with van der Waals surface area (Å²) in [5.41, 5.74) is 1.50. The molecular formula is C27H29FN4O4S. The van der Waals surface area contributed by atoms with E-state index in [2.05, 4.69) is 15.6 Å². The lowest BCUT2D eigenvalue weighted by atomic mass is 10.1. The molecule has 0 spiro atoms. The standard InChI is InChI=1S/C27H29FN4O4S/c1-18(27(35)31-21-7-3-4-8-21)32(23-14-19-6-2-5-9-24(19)29-15-23)26(34)17-37(36)16-25(33)30-22-12-10-20(28)11-13-22/h2,5-6,9-15,18,21H,3-4,7-8,16-17H2,1H3,(H,30,33)(H,31,35). The number of nitrogens with zero attached hydrogens (tertiary/aromatic N) is 2. The number of fused-ring (bicyclic) bond motifs is 1. The summed E-state index contributed by atoms with van der Waals surface area (Å²) in [5, 5.41) is 6.35. The van der Waals surface area contributed by atoms with Crippen LogP contribution in [0.25, 0.3) is 10.9 Å². The van der Waals surface area contributed by atoms with Gasteiger partial charge in [-0.05, 0) is 56.2 Å². The van der Waals surface area contributed by atoms with Crippen LogP contribution in [-0.2, 0) is 25.2 Å². The largest absolute Gasteiger partial charge is 0.352 e. The van der Waals surface area contributed by atoms with Crippen molar-refractivity contribution in [1.82, 2.24) is 10.3 Å². The summed E-state index contributed by atoms with van der Waals surface area (Å²) < 4.78 is 25.8. The first kappa shape index (κ1) is 26.4. The summed E-state index contributed by atoms with van der Waals surface area (Å²) in [6.45, 7) is 1.63. The predicted molar refractivity (Wildman–Crippen MR) is 142 cm³/mol. The third-order valence-electron chi connectivity index (χ3n) is 6.30. The van der Waals surface area contributed by atoms with Gasteiger partial charge in [-0.1, -0.05) is 31.0 Å². The molecule has 10 heteroatoms. The highest BCUT2D eigenvalue weighted by Crippen LogP contribution is 2.23. The van der Waals surface area contributed by atoms with Gasteiger partial charge < -0.3 is 10.6 Å². The second kappa shape index (κ2) is 12.1. The van der Waals surface area contributed by atoms with E-state index in [1.165, 1.54) is 35.4 Å². The summed E-state index contributed by atoms with van der Waals surface area (Å²) in [5.74, 6) is -2.74. The van der Waals surface area contributed by atoms with Crippen LogP contribution >= 0.6 is 0 Å². The second-order valence-corrected chi connectivity index (χ2v) is 10.6. The van der Waals surface area contributed by atoms with E-state index >= 15 is 0 Å². The van der Waals surface area contributed by atoms with Gasteiger partial charge in [0.1, 0.15) is 23.4 Å². The molecule has 2 N–H and O–H groups in total. The summed E-state index contributed by atoms with van der Waals surface area (Å²) in [6.07, 6.45) is 5.42. The van der Waals surface area contributed by atoms with E-state index in [1.807, 2.05) is 24.3 Å². The quantitative estimate of drug-likeness (QED) is 0.445. The Bertz CT molecular complexity index is 1310. The van der Waals surface area contributed by atoms with Crippen molar-refractivity contribution in [1.29, 1.82) is 0 Å². The first-order chi connectivity index (χ1) is 17.8. The third kappa shape index (κ3) is 6.97. The average Bonchev–Trinajstić information content (AvgIpc) is 3.38. The Labute approximate surface area is 217 Å². The summed E-state index contributed by atoms with van der Waals surface area (Å²) in [6, 6.07) is 13.6. The van der Waals surface area contributed by atoms with Gasteiger partial charge in [0, 0.05) is 27.9 Å². The van der Waals surface area contributed by atoms with Crippen LogP contribution < -0.4 is 15.5 Å². The molecule has 0 radical (unpaired) electrons. The number of pyridine rings is 1. The van der Waals surface area contributed by atoms with E-state index in [4.69, 9.17) is 0 Å². The smallest absolute Gasteiger partial charge is 0.243 e. The number of hydrogen-bond acceptors (Lipinski definition) is 5. The minimum Gasteiger partial charge on any atom is -0.352 e. The van der Waals surface area contributed by atoms with Crippen LogP contribution in [0.1, 0.15) is 32.6 Å². The van der Waals surface area contributed by atoms with E-state index in [-0.39, 0.29) is 11.9 Å². The van der Waals surface area contributed by atoms with Gasteiger partial charge in [-0.2, -0.15) is 0 Å². The molecule has 1 aromatic heterocycles. The Balaban J connectivity index is 1.49. The highest BCUT2D eigenvalue weighted by atomic mass is 32.2. The normalized spacial score (nSPS) is 15.2. The van der Waals surface area contributed by atoms with Crippen LogP contribution in [0.3, 0.4) is 0 Å². The molecule has 8 nitrogen and oxygen atoms in total. The molecule has 1 aliphatic carbocycles. The van der Waals surface area contributed by atoms with Crippen molar-refractivity contribution in [2.24, 2.45) is 0 Å². The number of rotatable bonds is 9. The van der Waals surface area contributed by atoms with Crippen LogP contribution in [-0.4, -0.2) is 50.5 Å². The van der Waals surface area contributed by atoms with Crippen molar-refractivity contribution < 1.29 is 23.0 Å². The molecule has 4 rings (SSSR count). The first-order valence-corrected chi connectivity index (χ1v) is 13.7. The zero-order chi connectivity index (χ0) is 26.4. The number of para-hydroxylation sites is 1. The zero-order valence-corrected chi connectivity index (χ0v) is 21.3. The van der Waals surface area contributed by atoms with E-state index in [1.54, 1.807) is 13.0 Å². The summed E-state index contributed by atoms with van der Waals surface area (Å²) in [4.78, 5) is 44.5. The van der Waals surface area contributed by atoms with Crippen molar-refractivity contribution in [3.63, 3.8) is 0 Å². The number of carbonyl (C=O) groups is 3. The van der Waals surface area contributed by atoms with Gasteiger partial charge in [0.2, 0.25) is 17.7 Å². The number of halogens is 1. The molecule has 0 saturated heterocycles. The number of benzene rings is 2. The first-order valence-electron chi connectivity index (χ1n) is 12.2. The number of anilines is 2. The number of amides is 3. The molecule has 2 unspecified atom stereocenters. The lowest BCUT2D eigenvalue weighted by Crippen LogP contribution is -2.51. The van der Waals surface area contributed by atoms with E-state index in [0.717, 1.165) is 36.6 Å². The highest BCUT2D eigenvalue weighted by Gasteiger charge is 2.31. The Morgan fingerprint density at radius 1 is 1.08 bits per heavy atom. The molecule has 1 aliphatic rings. The van der Waals surface area contributed by atoms with Crippen molar-refractivity contribution in [3.05, 3.63) is 66.6 Å². The number of carbonyl (C=O) groups excluding carboxylic acids is 3. The Morgan fingerprint density at radius 2 is 1.78 bits per heavy atom. The molecule has 2 aromatic carbocycles. The van der Waals surface area contributed by atoms with Crippen LogP contribution in [0.4, 0.5) is 15.8 Å². The van der Waals surface area contributed by atoms with Gasteiger partial charge in [0.05, 0.1) is 17.4 Å². The Morgan fingerprint density at radius 3 is 2.51 bits per heavy atom. The van der Waals surface area contributed by atoms with Crippen LogP contribution in [0.2, 0.25) is 0 Å². The van der Waals surface area contributed by atoms with Gasteiger partial charge in [-0.3, -0.25) is 28.5 Å². The third-order valence-corrected chi connectivity index (χ3v) is 7.45. The predicted octanol–water partition coefficient (Wildman–Crippen LogP) is 3.54. The molecule has 1 heterocycles. The van der Waals surface area contributed by atoms with Crippen molar-refractivity contribution in [2.75, 3.05) is 21.7 Å². The molecule has 1 saturated carbocycles. The van der Waals surface area contributed by atoms with Crippen molar-refractivity contribution in [3.8, 4) is 0 Å². The molecule has 0 bridgehead atoms. The lowest BCUT2D eigenvalue weighted by molar-refractivity contribution is -0.125. The maximum Gasteiger partial charge on any atom is 0.243 e. The molecule has 194 valence electrons. The van der Waals surface area contributed by atoms with E-state index < -0.39 is 46.0 Å². The van der Waals surface area contributed by atoms with Gasteiger partial charge in [0.15, 0.2) is 0 Å². The molecular weight excluding hydrogens is 495 g/mol. The average molecular weight is 525 g/mol. The Kier molecular flexibility index (Phi) is 8.60. The van der Waals surface area contributed by atoms with Crippen molar-refractivity contribution >= 4 is 50.8 Å². The fraction of sp³-hybridized carbons (Fsp3) is 0.333. The van der Waals surface area contributed by atoms with E-state index in [0.29, 0.717) is 11.4 Å². The van der Waals surface area contributed by atoms with Crippen LogP contribution in [0.5, 0.6) is 0 Å². The zero-order valence-electron chi connectivity index (χ0n) is 20.5. The number of nitrogens with one attached hydrogen (secondary N) is 2. The van der Waals surface area contributed by atoms with Crippen LogP contribution in [0, 0.1) is 5.82 Å². The fourth-order valence-electron chi connectivity index (χ4n) is 4.42. The van der Waals surface area contributed by atoms with Crippen LogP contribution in [0.15, 0.2) is 60.8 Å². The maximum absolute atomic E-state index is 13.4. The molecule has 3 amide bonds. The number of hydrogen-bond donors (Lipinski definition) is 2. The molecule has 1 fully saturated rings. The summed E-state index contributed by atoms with van der Waals surface area (Å²) >= 11 is 0. The monoisotopic (exact) mass is 524 g/mol. The van der Waals surface area contributed by atoms with Gasteiger partial charge in [-0.25, -0.2) is 4.39 Å². The molecule has 37 heavy (non-hydrogen) atoms. The lowest BCUT2D eigenvalue weighted by Gasteiger charge is -2.29. The number of aromatic nitrogens is 1. The topological polar surface area (TPSA) is 108 Å². The summed E-state index contributed by atoms with van der Waals surface area (Å²) in [7, 11) is -1.84. The minimum absolute atomic E-state index is 0.0749. The van der Waals surface area contributed by atoms with E-state index in [9.17, 15) is 23.0 Å². The molecule has 2 atom stereocenters. The highest BCUT2D eigenvalue weighted by molar-refractivity contribution is 7.86. The minimum atomic E-state index is -1.84. The Hall–Kier alpha value is -3.66. The maximum atomic E-state index is 13.4. The van der Waals surface area contributed by atoms with Gasteiger partial charge in [-0.15, -0.1) is 0 Å². The fourth-order valence-corrected chi connectivity index (χ4v) is 5.30. The van der Waals surface area contributed by atoms with Gasteiger partial charge >= 0.3 is 0 Å². The second-order valence-electron chi connectivity index (χ2n) is 9.10. The van der Waals surface area contributed by atoms with Crippen molar-refractivity contribution in [2.45, 2.75) is 44.7 Å². The molecule has 3 aromatic rings.